The van der Waals surface area contributed by atoms with Crippen molar-refractivity contribution in [1.29, 1.82) is 0 Å². The zero-order valence-corrected chi connectivity index (χ0v) is 19.4. The predicted octanol–water partition coefficient (Wildman–Crippen LogP) is 5.42. The number of ether oxygens (including phenoxy) is 1. The molecule has 0 saturated carbocycles. The molecule has 2 aromatic carbocycles. The zero-order valence-electron chi connectivity index (χ0n) is 18.6. The molecule has 4 rings (SSSR count). The van der Waals surface area contributed by atoms with Crippen LogP contribution in [0.15, 0.2) is 67.3 Å². The van der Waals surface area contributed by atoms with Crippen LogP contribution in [-0.4, -0.2) is 25.0 Å². The summed E-state index contributed by atoms with van der Waals surface area (Å²) >= 11 is 1.53. The van der Waals surface area contributed by atoms with E-state index in [4.69, 9.17) is 4.74 Å². The molecular formula is C27H28N2O3S. The Morgan fingerprint density at radius 2 is 1.76 bits per heavy atom. The van der Waals surface area contributed by atoms with E-state index in [1.165, 1.54) is 21.8 Å². The topological polar surface area (TPSA) is 67.4 Å². The fraction of sp³-hybridized carbons (Fsp3) is 0.259. The predicted molar refractivity (Wildman–Crippen MR) is 134 cm³/mol. The highest BCUT2D eigenvalue weighted by molar-refractivity contribution is 7.17. The summed E-state index contributed by atoms with van der Waals surface area (Å²) in [5.41, 5.74) is 3.41. The van der Waals surface area contributed by atoms with Crippen LogP contribution in [0.3, 0.4) is 0 Å². The van der Waals surface area contributed by atoms with E-state index in [0.717, 1.165) is 37.7 Å². The molecule has 1 aliphatic carbocycles. The van der Waals surface area contributed by atoms with Crippen LogP contribution in [0.2, 0.25) is 0 Å². The molecule has 1 aromatic heterocycles. The minimum atomic E-state index is -0.234. The quantitative estimate of drug-likeness (QED) is 0.419. The lowest BCUT2D eigenvalue weighted by molar-refractivity contribution is 0.0954. The summed E-state index contributed by atoms with van der Waals surface area (Å²) in [6.07, 6.45) is 6.44. The number of thiophene rings is 1. The molecule has 0 fully saturated rings. The molecule has 3 aromatic rings. The van der Waals surface area contributed by atoms with E-state index in [1.807, 2.05) is 18.2 Å². The lowest BCUT2D eigenvalue weighted by atomic mass is 9.95. The second-order valence-corrected chi connectivity index (χ2v) is 9.09. The Morgan fingerprint density at radius 3 is 2.52 bits per heavy atom. The van der Waals surface area contributed by atoms with Crippen LogP contribution in [0.1, 0.15) is 49.6 Å². The highest BCUT2D eigenvalue weighted by Crippen LogP contribution is 2.38. The average molecular weight is 461 g/mol. The van der Waals surface area contributed by atoms with Crippen LogP contribution >= 0.6 is 11.3 Å². The number of hydrogen-bond acceptors (Lipinski definition) is 4. The van der Waals surface area contributed by atoms with Gasteiger partial charge in [-0.25, -0.2) is 0 Å². The summed E-state index contributed by atoms with van der Waals surface area (Å²) in [6.45, 7) is 4.59. The summed E-state index contributed by atoms with van der Waals surface area (Å²) in [7, 11) is 0. The van der Waals surface area contributed by atoms with Gasteiger partial charge in [-0.3, -0.25) is 9.59 Å². The third-order valence-corrected chi connectivity index (χ3v) is 6.86. The normalized spacial score (nSPS) is 12.5. The van der Waals surface area contributed by atoms with Crippen molar-refractivity contribution in [1.82, 2.24) is 5.32 Å². The lowest BCUT2D eigenvalue weighted by Gasteiger charge is -2.13. The lowest BCUT2D eigenvalue weighted by Crippen LogP contribution is -2.27. The van der Waals surface area contributed by atoms with Gasteiger partial charge in [0.15, 0.2) is 0 Å². The molecule has 2 amide bonds. The molecule has 2 N–H and O–H groups in total. The van der Waals surface area contributed by atoms with Gasteiger partial charge in [-0.1, -0.05) is 43.0 Å². The third-order valence-electron chi connectivity index (χ3n) is 5.65. The van der Waals surface area contributed by atoms with Gasteiger partial charge < -0.3 is 15.4 Å². The Morgan fingerprint density at radius 1 is 1.00 bits per heavy atom. The summed E-state index contributed by atoms with van der Waals surface area (Å²) in [4.78, 5) is 27.3. The minimum Gasteiger partial charge on any atom is -0.490 e. The highest BCUT2D eigenvalue weighted by atomic mass is 32.1. The number of benzene rings is 2. The minimum absolute atomic E-state index is 0.117. The number of hydrogen-bond donors (Lipinski definition) is 2. The maximum absolute atomic E-state index is 13.2. The number of amides is 2. The summed E-state index contributed by atoms with van der Waals surface area (Å²) in [5, 5.41) is 6.69. The van der Waals surface area contributed by atoms with Gasteiger partial charge in [0.2, 0.25) is 0 Å². The van der Waals surface area contributed by atoms with Crippen molar-refractivity contribution < 1.29 is 14.3 Å². The largest absolute Gasteiger partial charge is 0.490 e. The molecule has 0 saturated heterocycles. The molecule has 0 atom stereocenters. The van der Waals surface area contributed by atoms with Crippen molar-refractivity contribution in [3.8, 4) is 5.75 Å². The summed E-state index contributed by atoms with van der Waals surface area (Å²) in [5.74, 6) is 0.326. The van der Waals surface area contributed by atoms with E-state index in [-0.39, 0.29) is 11.8 Å². The van der Waals surface area contributed by atoms with E-state index >= 15 is 0 Å². The second-order valence-electron chi connectivity index (χ2n) is 7.98. The van der Waals surface area contributed by atoms with Gasteiger partial charge in [-0.15, -0.1) is 11.3 Å². The van der Waals surface area contributed by atoms with Crippen molar-refractivity contribution >= 4 is 28.2 Å². The van der Waals surface area contributed by atoms with Gasteiger partial charge in [0.25, 0.3) is 11.8 Å². The SMILES string of the molecule is C=CCOc1ccc(C(=O)Nc2sc3c(c2C(=O)NCCc2ccccc2)CCCC3)cc1. The van der Waals surface area contributed by atoms with Crippen LogP contribution in [0.5, 0.6) is 5.75 Å². The van der Waals surface area contributed by atoms with E-state index in [9.17, 15) is 9.59 Å². The van der Waals surface area contributed by atoms with Gasteiger partial charge in [0.05, 0.1) is 5.56 Å². The van der Waals surface area contributed by atoms with E-state index in [1.54, 1.807) is 30.3 Å². The van der Waals surface area contributed by atoms with Gasteiger partial charge in [-0.2, -0.15) is 0 Å². The van der Waals surface area contributed by atoms with E-state index in [0.29, 0.717) is 35.0 Å². The van der Waals surface area contributed by atoms with Crippen LogP contribution in [0.25, 0.3) is 0 Å². The Labute approximate surface area is 198 Å². The summed E-state index contributed by atoms with van der Waals surface area (Å²) in [6, 6.07) is 17.1. The first-order valence-electron chi connectivity index (χ1n) is 11.3. The first-order chi connectivity index (χ1) is 16.2. The van der Waals surface area contributed by atoms with Gasteiger partial charge in [-0.05, 0) is 67.5 Å². The number of fused-ring (bicyclic) bond motifs is 1. The fourth-order valence-corrected chi connectivity index (χ4v) is 5.26. The van der Waals surface area contributed by atoms with Crippen LogP contribution in [0.4, 0.5) is 5.00 Å². The molecule has 33 heavy (non-hydrogen) atoms. The molecule has 1 heterocycles. The fourth-order valence-electron chi connectivity index (χ4n) is 3.98. The van der Waals surface area contributed by atoms with Crippen molar-refractivity contribution in [2.75, 3.05) is 18.5 Å². The van der Waals surface area contributed by atoms with Gasteiger partial charge in [0.1, 0.15) is 17.4 Å². The van der Waals surface area contributed by atoms with Crippen LogP contribution in [0, 0.1) is 0 Å². The number of aryl methyl sites for hydroxylation is 1. The van der Waals surface area contributed by atoms with Crippen LogP contribution in [-0.2, 0) is 19.3 Å². The average Bonchev–Trinajstić information content (AvgIpc) is 3.21. The first-order valence-corrected chi connectivity index (χ1v) is 12.1. The number of carbonyl (C=O) groups excluding carboxylic acids is 2. The molecule has 6 heteroatoms. The van der Waals surface area contributed by atoms with Crippen molar-refractivity contribution in [2.45, 2.75) is 32.1 Å². The number of rotatable bonds is 9. The first kappa shape index (κ1) is 22.8. The Hall–Kier alpha value is -3.38. The number of anilines is 1. The van der Waals surface area contributed by atoms with Crippen molar-refractivity contribution in [2.24, 2.45) is 0 Å². The van der Waals surface area contributed by atoms with Crippen molar-refractivity contribution in [3.63, 3.8) is 0 Å². The van der Waals surface area contributed by atoms with Gasteiger partial charge >= 0.3 is 0 Å². The second kappa shape index (κ2) is 11.0. The number of carbonyl (C=O) groups is 2. The van der Waals surface area contributed by atoms with Crippen molar-refractivity contribution in [3.05, 3.63) is 94.4 Å². The smallest absolute Gasteiger partial charge is 0.256 e. The van der Waals surface area contributed by atoms with E-state index < -0.39 is 0 Å². The molecule has 5 nitrogen and oxygen atoms in total. The van der Waals surface area contributed by atoms with E-state index in [2.05, 4.69) is 29.3 Å². The standard InChI is InChI=1S/C27H28N2O3S/c1-2-18-32-21-14-12-20(13-15-21)25(30)29-27-24(22-10-6-7-11-23(22)33-27)26(31)28-17-16-19-8-4-3-5-9-19/h2-5,8-9,12-15H,1,6-7,10-11,16-18H2,(H,28,31)(H,29,30). The maximum Gasteiger partial charge on any atom is 0.256 e. The molecule has 0 bridgehead atoms. The highest BCUT2D eigenvalue weighted by Gasteiger charge is 2.26. The Balaban J connectivity index is 1.48. The molecule has 0 radical (unpaired) electrons. The molecule has 170 valence electrons. The monoisotopic (exact) mass is 460 g/mol. The molecule has 0 spiro atoms. The van der Waals surface area contributed by atoms with Crippen LogP contribution < -0.4 is 15.4 Å². The molecule has 0 aliphatic heterocycles. The Kier molecular flexibility index (Phi) is 7.58. The molecule has 1 aliphatic rings. The maximum atomic E-state index is 13.2. The van der Waals surface area contributed by atoms with Gasteiger partial charge in [0, 0.05) is 17.0 Å². The number of nitrogens with one attached hydrogen (secondary N) is 2. The molecular weight excluding hydrogens is 432 g/mol. The summed E-state index contributed by atoms with van der Waals surface area (Å²) < 4.78 is 5.48. The molecule has 0 unspecified atom stereocenters. The third kappa shape index (κ3) is 5.71. The zero-order chi connectivity index (χ0) is 23.0. The Bertz CT molecular complexity index is 1120.